The number of nitrogens with two attached hydrogens (primary N) is 1. The quantitative estimate of drug-likeness (QED) is 0.604. The average molecular weight is 446 g/mol. The van der Waals surface area contributed by atoms with Crippen molar-refractivity contribution >= 4 is 26.9 Å². The molecule has 0 bridgehead atoms. The molecule has 0 saturated heterocycles. The highest BCUT2D eigenvalue weighted by atomic mass is 32.2. The van der Waals surface area contributed by atoms with Crippen LogP contribution in [0.5, 0.6) is 0 Å². The number of aromatic nitrogens is 2. The fraction of sp³-hybridized carbons (Fsp3) is 0.318. The zero-order valence-corrected chi connectivity index (χ0v) is 19.2. The maximum atomic E-state index is 14.4. The zero-order chi connectivity index (χ0) is 22.9. The number of sulfonamides is 1. The molecule has 0 radical (unpaired) electrons. The molecular formula is C22H28FN5O2S. The van der Waals surface area contributed by atoms with Gasteiger partial charge in [-0.15, -0.1) is 0 Å². The van der Waals surface area contributed by atoms with Gasteiger partial charge in [-0.1, -0.05) is 12.1 Å². The molecular weight excluding hydrogens is 417 g/mol. The van der Waals surface area contributed by atoms with Gasteiger partial charge in [-0.3, -0.25) is 0 Å². The van der Waals surface area contributed by atoms with Crippen molar-refractivity contribution in [1.82, 2.24) is 13.9 Å². The summed E-state index contributed by atoms with van der Waals surface area (Å²) < 4.78 is 42.7. The topological polar surface area (TPSA) is 84.5 Å². The van der Waals surface area contributed by atoms with Crippen LogP contribution in [0.4, 0.5) is 10.2 Å². The smallest absolute Gasteiger partial charge is 0.242 e. The number of nitrogens with zero attached hydrogens (tertiary/aromatic N) is 4. The minimum Gasteiger partial charge on any atom is -0.363 e. The van der Waals surface area contributed by atoms with Crippen LogP contribution in [0.2, 0.25) is 0 Å². The van der Waals surface area contributed by atoms with Gasteiger partial charge in [0, 0.05) is 46.0 Å². The minimum atomic E-state index is -3.60. The number of halogens is 1. The normalized spacial score (nSPS) is 12.7. The predicted molar refractivity (Wildman–Crippen MR) is 123 cm³/mol. The number of hydrogen-bond donors (Lipinski definition) is 1. The van der Waals surface area contributed by atoms with Gasteiger partial charge in [-0.2, -0.15) is 0 Å². The third-order valence-electron chi connectivity index (χ3n) is 5.16. The maximum Gasteiger partial charge on any atom is 0.242 e. The molecule has 7 nitrogen and oxygen atoms in total. The van der Waals surface area contributed by atoms with E-state index in [0.717, 1.165) is 22.6 Å². The molecule has 0 fully saturated rings. The molecule has 2 heterocycles. The molecule has 31 heavy (non-hydrogen) atoms. The largest absolute Gasteiger partial charge is 0.363 e. The fourth-order valence-corrected chi connectivity index (χ4v) is 4.44. The van der Waals surface area contributed by atoms with E-state index in [2.05, 4.69) is 0 Å². The van der Waals surface area contributed by atoms with Crippen molar-refractivity contribution in [2.45, 2.75) is 18.4 Å². The van der Waals surface area contributed by atoms with E-state index in [1.54, 1.807) is 18.2 Å². The number of allylic oxidation sites excluding steroid dienone is 1. The first kappa shape index (κ1) is 22.9. The third kappa shape index (κ3) is 4.34. The summed E-state index contributed by atoms with van der Waals surface area (Å²) in [6.45, 7) is 2.03. The van der Waals surface area contributed by atoms with Gasteiger partial charge >= 0.3 is 0 Å². The molecule has 2 N–H and O–H groups in total. The van der Waals surface area contributed by atoms with Gasteiger partial charge in [-0.25, -0.2) is 22.1 Å². The molecule has 0 amide bonds. The number of rotatable bonds is 7. The highest BCUT2D eigenvalue weighted by Gasteiger charge is 2.22. The first-order chi connectivity index (χ1) is 14.6. The number of fused-ring (bicyclic) bond motifs is 1. The molecule has 3 aromatic rings. The summed E-state index contributed by atoms with van der Waals surface area (Å²) in [6, 6.07) is 10.5. The molecule has 0 aliphatic rings. The van der Waals surface area contributed by atoms with E-state index in [0.29, 0.717) is 11.1 Å². The van der Waals surface area contributed by atoms with Crippen LogP contribution in [-0.2, 0) is 16.6 Å². The Hall–Kier alpha value is -2.75. The molecule has 1 aromatic carbocycles. The second-order valence-electron chi connectivity index (χ2n) is 7.68. The van der Waals surface area contributed by atoms with E-state index < -0.39 is 10.0 Å². The van der Waals surface area contributed by atoms with Crippen molar-refractivity contribution in [1.29, 1.82) is 0 Å². The van der Waals surface area contributed by atoms with Crippen molar-refractivity contribution in [3.8, 4) is 11.1 Å². The Morgan fingerprint density at radius 1 is 1.19 bits per heavy atom. The van der Waals surface area contributed by atoms with Gasteiger partial charge in [0.1, 0.15) is 11.6 Å². The van der Waals surface area contributed by atoms with Gasteiger partial charge in [0.2, 0.25) is 10.0 Å². The number of hydrogen-bond acceptors (Lipinski definition) is 5. The zero-order valence-electron chi connectivity index (χ0n) is 18.4. The molecule has 0 unspecified atom stereocenters. The van der Waals surface area contributed by atoms with Crippen LogP contribution in [0.1, 0.15) is 5.69 Å². The lowest BCUT2D eigenvalue weighted by atomic mass is 10.1. The number of anilines is 1. The highest BCUT2D eigenvalue weighted by molar-refractivity contribution is 7.89. The molecule has 3 rings (SSSR count). The number of benzene rings is 1. The lowest BCUT2D eigenvalue weighted by Gasteiger charge is -2.13. The Balaban J connectivity index is 2.30. The molecule has 0 saturated carbocycles. The second-order valence-corrected chi connectivity index (χ2v) is 9.83. The van der Waals surface area contributed by atoms with Crippen molar-refractivity contribution in [2.24, 2.45) is 5.73 Å². The maximum absolute atomic E-state index is 14.4. The summed E-state index contributed by atoms with van der Waals surface area (Å²) in [6.07, 6.45) is 1.34. The van der Waals surface area contributed by atoms with Crippen LogP contribution in [0.3, 0.4) is 0 Å². The molecule has 0 aliphatic carbocycles. The number of pyridine rings is 1. The highest BCUT2D eigenvalue weighted by Crippen LogP contribution is 2.36. The van der Waals surface area contributed by atoms with Gasteiger partial charge in [0.25, 0.3) is 0 Å². The Labute approximate surface area is 182 Å². The van der Waals surface area contributed by atoms with Crippen LogP contribution >= 0.6 is 0 Å². The summed E-state index contributed by atoms with van der Waals surface area (Å²) in [5.41, 5.74) is 9.18. The van der Waals surface area contributed by atoms with E-state index in [9.17, 15) is 12.8 Å². The van der Waals surface area contributed by atoms with Gasteiger partial charge < -0.3 is 15.2 Å². The molecule has 0 atom stereocenters. The molecule has 166 valence electrons. The van der Waals surface area contributed by atoms with Crippen molar-refractivity contribution in [3.63, 3.8) is 0 Å². The van der Waals surface area contributed by atoms with E-state index >= 15 is 0 Å². The lowest BCUT2D eigenvalue weighted by Crippen LogP contribution is -2.22. The van der Waals surface area contributed by atoms with Crippen LogP contribution in [-0.4, -0.2) is 57.0 Å². The summed E-state index contributed by atoms with van der Waals surface area (Å²) in [4.78, 5) is 6.87. The summed E-state index contributed by atoms with van der Waals surface area (Å²) in [5.74, 6) is 0.413. The van der Waals surface area contributed by atoms with Gasteiger partial charge in [0.05, 0.1) is 22.5 Å². The lowest BCUT2D eigenvalue weighted by molar-refractivity contribution is 0.521. The van der Waals surface area contributed by atoms with E-state index in [4.69, 9.17) is 10.7 Å². The molecule has 9 heteroatoms. The minimum absolute atomic E-state index is 0.0260. The van der Waals surface area contributed by atoms with Crippen molar-refractivity contribution < 1.29 is 12.8 Å². The van der Waals surface area contributed by atoms with Crippen molar-refractivity contribution in [3.05, 3.63) is 54.0 Å². The Morgan fingerprint density at radius 3 is 2.52 bits per heavy atom. The van der Waals surface area contributed by atoms with E-state index in [1.165, 1.54) is 24.5 Å². The Bertz CT molecular complexity index is 1250. The Morgan fingerprint density at radius 2 is 1.90 bits per heavy atom. The third-order valence-corrected chi connectivity index (χ3v) is 6.97. The van der Waals surface area contributed by atoms with E-state index in [1.807, 2.05) is 48.7 Å². The van der Waals surface area contributed by atoms with Crippen LogP contribution in [0, 0.1) is 6.92 Å². The van der Waals surface area contributed by atoms with Gasteiger partial charge in [-0.05, 0) is 42.8 Å². The predicted octanol–water partition coefficient (Wildman–Crippen LogP) is 3.14. The fourth-order valence-electron chi connectivity index (χ4n) is 3.50. The first-order valence-corrected chi connectivity index (χ1v) is 11.3. The summed E-state index contributed by atoms with van der Waals surface area (Å²) >= 11 is 0. The molecule has 0 spiro atoms. The second kappa shape index (κ2) is 8.78. The van der Waals surface area contributed by atoms with Gasteiger partial charge in [0.15, 0.2) is 0 Å². The SMILES string of the molecule is Cc1c(-c2cccc(S(=O)(=O)N(C)C)c2)c2nc(N(C)C)ccc2n1C/C(F)=C/CN. The van der Waals surface area contributed by atoms with Crippen LogP contribution in [0.25, 0.3) is 22.2 Å². The summed E-state index contributed by atoms with van der Waals surface area (Å²) in [7, 11) is 3.18. The van der Waals surface area contributed by atoms with E-state index in [-0.39, 0.29) is 23.8 Å². The standard InChI is InChI=1S/C22H28FN5O2S/c1-15-21(16-7-6-8-18(13-16)31(29,30)27(4)5)22-19(9-10-20(25-22)26(2)3)28(15)14-17(23)11-12-24/h6-11,13H,12,14,24H2,1-5H3/b17-11-. The molecule has 2 aromatic heterocycles. The average Bonchev–Trinajstić information content (AvgIpc) is 2.99. The van der Waals surface area contributed by atoms with Crippen LogP contribution in [0.15, 0.2) is 53.2 Å². The van der Waals surface area contributed by atoms with Crippen LogP contribution < -0.4 is 10.6 Å². The Kier molecular flexibility index (Phi) is 6.49. The molecule has 0 aliphatic heterocycles. The first-order valence-electron chi connectivity index (χ1n) is 9.82. The summed E-state index contributed by atoms with van der Waals surface area (Å²) in [5, 5.41) is 0. The van der Waals surface area contributed by atoms with Crippen molar-refractivity contribution in [2.75, 3.05) is 39.6 Å². The monoisotopic (exact) mass is 445 g/mol.